The zero-order chi connectivity index (χ0) is 14.5. The van der Waals surface area contributed by atoms with Crippen molar-refractivity contribution in [2.24, 2.45) is 5.92 Å². The number of hydrogen-bond acceptors (Lipinski definition) is 2. The molecule has 1 aromatic rings. The van der Waals surface area contributed by atoms with E-state index in [0.717, 1.165) is 5.56 Å². The predicted molar refractivity (Wildman–Crippen MR) is 76.6 cm³/mol. The van der Waals surface area contributed by atoms with Crippen molar-refractivity contribution in [3.05, 3.63) is 35.9 Å². The second kappa shape index (κ2) is 4.37. The van der Waals surface area contributed by atoms with Gasteiger partial charge in [0.05, 0.1) is 0 Å². The molecule has 1 aliphatic carbocycles. The Labute approximate surface area is 127 Å². The Balaban J connectivity index is 1.83. The first kappa shape index (κ1) is 13.7. The Morgan fingerprint density at radius 2 is 1.90 bits per heavy atom. The van der Waals surface area contributed by atoms with Gasteiger partial charge in [0, 0.05) is 12.5 Å². The second-order valence-corrected chi connectivity index (χ2v) is 7.04. The summed E-state index contributed by atoms with van der Waals surface area (Å²) in [6, 6.07) is 8.81. The molecule has 0 aromatic heterocycles. The van der Waals surface area contributed by atoms with Crippen molar-refractivity contribution in [2.75, 3.05) is 6.54 Å². The maximum Gasteiger partial charge on any atom is 0.325 e. The van der Waals surface area contributed by atoms with E-state index in [-0.39, 0.29) is 18.4 Å². The standard InChI is InChI=1S/C14H14Cl2N2O2/c1-13(9-5-3-2-4-6-9)11(19)18(12(20)17-13)8-10-7-14(10,15)16/h2-6,10H,7-8H2,1H3,(H,17,20). The summed E-state index contributed by atoms with van der Waals surface area (Å²) in [6.45, 7) is 1.98. The summed E-state index contributed by atoms with van der Waals surface area (Å²) in [5.41, 5.74) is -0.256. The molecule has 0 radical (unpaired) electrons. The Kier molecular flexibility index (Phi) is 2.99. The second-order valence-electron chi connectivity index (χ2n) is 5.50. The smallest absolute Gasteiger partial charge is 0.319 e. The number of imide groups is 1. The Bertz CT molecular complexity index is 576. The zero-order valence-corrected chi connectivity index (χ0v) is 12.4. The van der Waals surface area contributed by atoms with Crippen molar-refractivity contribution in [2.45, 2.75) is 23.2 Å². The highest BCUT2D eigenvalue weighted by Crippen LogP contribution is 2.53. The molecule has 2 fully saturated rings. The van der Waals surface area contributed by atoms with E-state index in [0.29, 0.717) is 6.42 Å². The lowest BCUT2D eigenvalue weighted by molar-refractivity contribution is -0.131. The highest BCUT2D eigenvalue weighted by Gasteiger charge is 2.56. The van der Waals surface area contributed by atoms with Crippen LogP contribution >= 0.6 is 23.2 Å². The highest BCUT2D eigenvalue weighted by atomic mass is 35.5. The number of hydrogen-bond donors (Lipinski definition) is 1. The van der Waals surface area contributed by atoms with Crippen LogP contribution in [0.5, 0.6) is 0 Å². The van der Waals surface area contributed by atoms with E-state index in [4.69, 9.17) is 23.2 Å². The van der Waals surface area contributed by atoms with Gasteiger partial charge < -0.3 is 5.32 Å². The fourth-order valence-corrected chi connectivity index (χ4v) is 3.03. The first-order valence-electron chi connectivity index (χ1n) is 6.42. The number of nitrogens with one attached hydrogen (secondary N) is 1. The van der Waals surface area contributed by atoms with Gasteiger partial charge in [-0.2, -0.15) is 0 Å². The Morgan fingerprint density at radius 1 is 1.30 bits per heavy atom. The molecular weight excluding hydrogens is 299 g/mol. The van der Waals surface area contributed by atoms with Gasteiger partial charge in [0.2, 0.25) is 0 Å². The molecule has 1 aromatic carbocycles. The summed E-state index contributed by atoms with van der Waals surface area (Å²) in [7, 11) is 0. The van der Waals surface area contributed by atoms with E-state index in [2.05, 4.69) is 5.32 Å². The van der Waals surface area contributed by atoms with Crippen LogP contribution in [0.1, 0.15) is 18.9 Å². The van der Waals surface area contributed by atoms with Gasteiger partial charge in [-0.3, -0.25) is 9.69 Å². The molecule has 2 unspecified atom stereocenters. The van der Waals surface area contributed by atoms with Gasteiger partial charge in [0.15, 0.2) is 0 Å². The van der Waals surface area contributed by atoms with Gasteiger partial charge in [0.1, 0.15) is 9.87 Å². The zero-order valence-electron chi connectivity index (χ0n) is 10.9. The van der Waals surface area contributed by atoms with Crippen molar-refractivity contribution >= 4 is 35.1 Å². The van der Waals surface area contributed by atoms with Crippen LogP contribution in [0.15, 0.2) is 30.3 Å². The number of urea groups is 1. The van der Waals surface area contributed by atoms with E-state index in [9.17, 15) is 9.59 Å². The van der Waals surface area contributed by atoms with E-state index in [1.807, 2.05) is 30.3 Å². The lowest BCUT2D eigenvalue weighted by Crippen LogP contribution is -2.41. The summed E-state index contributed by atoms with van der Waals surface area (Å²) in [6.07, 6.45) is 0.606. The van der Waals surface area contributed by atoms with Crippen LogP contribution in [-0.4, -0.2) is 27.7 Å². The molecule has 3 rings (SSSR count). The van der Waals surface area contributed by atoms with Crippen LogP contribution in [0.4, 0.5) is 4.79 Å². The quantitative estimate of drug-likeness (QED) is 0.689. The summed E-state index contributed by atoms with van der Waals surface area (Å²) in [5.74, 6) is -0.302. The lowest BCUT2D eigenvalue weighted by atomic mass is 9.92. The molecular formula is C14H14Cl2N2O2. The maximum atomic E-state index is 12.6. The average Bonchev–Trinajstić information content (AvgIpc) is 2.95. The first-order valence-corrected chi connectivity index (χ1v) is 7.17. The van der Waals surface area contributed by atoms with Gasteiger partial charge in [-0.05, 0) is 18.9 Å². The minimum absolute atomic E-state index is 0.0429. The predicted octanol–water partition coefficient (Wildman–Crippen LogP) is 2.65. The van der Waals surface area contributed by atoms with Crippen molar-refractivity contribution < 1.29 is 9.59 Å². The molecule has 1 saturated carbocycles. The van der Waals surface area contributed by atoms with Crippen LogP contribution in [0.25, 0.3) is 0 Å². The maximum absolute atomic E-state index is 12.6. The minimum Gasteiger partial charge on any atom is -0.319 e. The number of alkyl halides is 2. The van der Waals surface area contributed by atoms with E-state index in [1.165, 1.54) is 4.90 Å². The molecule has 1 aliphatic heterocycles. The van der Waals surface area contributed by atoms with E-state index >= 15 is 0 Å². The third-order valence-electron chi connectivity index (χ3n) is 3.98. The Morgan fingerprint density at radius 3 is 2.45 bits per heavy atom. The largest absolute Gasteiger partial charge is 0.325 e. The number of amides is 3. The molecule has 1 saturated heterocycles. The molecule has 6 heteroatoms. The fourth-order valence-electron chi connectivity index (χ4n) is 2.52. The summed E-state index contributed by atoms with van der Waals surface area (Å²) < 4.78 is -0.799. The van der Waals surface area contributed by atoms with Crippen LogP contribution in [0.3, 0.4) is 0 Å². The third kappa shape index (κ3) is 2.07. The number of carbonyl (C=O) groups is 2. The van der Waals surface area contributed by atoms with Gasteiger partial charge in [0.25, 0.3) is 5.91 Å². The molecule has 2 aliphatic rings. The van der Waals surface area contributed by atoms with Gasteiger partial charge in [-0.1, -0.05) is 30.3 Å². The van der Waals surface area contributed by atoms with Gasteiger partial charge in [-0.25, -0.2) is 4.79 Å². The van der Waals surface area contributed by atoms with Crippen molar-refractivity contribution in [3.8, 4) is 0 Å². The Hall–Kier alpha value is -1.26. The van der Waals surface area contributed by atoms with Crippen molar-refractivity contribution in [1.29, 1.82) is 0 Å². The molecule has 20 heavy (non-hydrogen) atoms. The molecule has 1 N–H and O–H groups in total. The van der Waals surface area contributed by atoms with Crippen LogP contribution in [0, 0.1) is 5.92 Å². The fraction of sp³-hybridized carbons (Fsp3) is 0.429. The SMILES string of the molecule is CC1(c2ccccc2)NC(=O)N(CC2CC2(Cl)Cl)C1=O. The molecule has 0 bridgehead atoms. The minimum atomic E-state index is -1.02. The summed E-state index contributed by atoms with van der Waals surface area (Å²) in [5, 5.41) is 2.76. The number of nitrogens with zero attached hydrogens (tertiary/aromatic N) is 1. The lowest BCUT2D eigenvalue weighted by Gasteiger charge is -2.22. The normalized spacial score (nSPS) is 31.4. The summed E-state index contributed by atoms with van der Waals surface area (Å²) >= 11 is 11.9. The van der Waals surface area contributed by atoms with Gasteiger partial charge >= 0.3 is 6.03 Å². The number of benzene rings is 1. The number of rotatable bonds is 3. The van der Waals surface area contributed by atoms with Crippen LogP contribution < -0.4 is 5.32 Å². The molecule has 2 atom stereocenters. The van der Waals surface area contributed by atoms with Crippen LogP contribution in [-0.2, 0) is 10.3 Å². The van der Waals surface area contributed by atoms with E-state index in [1.54, 1.807) is 6.92 Å². The van der Waals surface area contributed by atoms with E-state index < -0.39 is 15.9 Å². The average molecular weight is 313 g/mol. The van der Waals surface area contributed by atoms with Crippen molar-refractivity contribution in [1.82, 2.24) is 10.2 Å². The van der Waals surface area contributed by atoms with Crippen LogP contribution in [0.2, 0.25) is 0 Å². The third-order valence-corrected chi connectivity index (χ3v) is 4.91. The molecule has 3 amide bonds. The van der Waals surface area contributed by atoms with Crippen molar-refractivity contribution in [3.63, 3.8) is 0 Å². The molecule has 106 valence electrons. The monoisotopic (exact) mass is 312 g/mol. The first-order chi connectivity index (χ1) is 9.34. The molecule has 4 nitrogen and oxygen atoms in total. The highest BCUT2D eigenvalue weighted by molar-refractivity contribution is 6.50. The molecule has 1 heterocycles. The molecule has 0 spiro atoms. The van der Waals surface area contributed by atoms with Gasteiger partial charge in [-0.15, -0.1) is 23.2 Å². The topological polar surface area (TPSA) is 49.4 Å². The number of halogens is 2. The summed E-state index contributed by atoms with van der Waals surface area (Å²) in [4.78, 5) is 25.8. The number of carbonyl (C=O) groups excluding carboxylic acids is 2.